The molecular weight excluding hydrogens is 564 g/mol. The van der Waals surface area contributed by atoms with Crippen molar-refractivity contribution < 1.29 is 4.74 Å². The highest BCUT2D eigenvalue weighted by molar-refractivity contribution is 14.1. The van der Waals surface area contributed by atoms with Gasteiger partial charge in [-0.05, 0) is 99.2 Å². The summed E-state index contributed by atoms with van der Waals surface area (Å²) < 4.78 is 9.43. The lowest BCUT2D eigenvalue weighted by Crippen LogP contribution is -2.01. The lowest BCUT2D eigenvalue weighted by molar-refractivity contribution is 0.302. The molecule has 0 fully saturated rings. The van der Waals surface area contributed by atoms with Crippen LogP contribution in [0.2, 0.25) is 0 Å². The maximum atomic E-state index is 5.81. The Morgan fingerprint density at radius 3 is 2.19 bits per heavy atom. The summed E-state index contributed by atoms with van der Waals surface area (Å²) in [6.07, 6.45) is 3.29. The molecule has 0 saturated carbocycles. The number of unbranched alkanes of at least 4 members (excludes halogenated alkanes) is 2. The van der Waals surface area contributed by atoms with E-state index in [4.69, 9.17) is 16.3 Å². The zero-order chi connectivity index (χ0) is 12.0. The van der Waals surface area contributed by atoms with Gasteiger partial charge in [0, 0.05) is 9.45 Å². The van der Waals surface area contributed by atoms with Gasteiger partial charge in [-0.25, -0.2) is 0 Å². The highest BCUT2D eigenvalue weighted by Crippen LogP contribution is 2.29. The SMILES string of the molecule is ClCCCCCOc1c(I)cc(I)cc1I. The monoisotopic (exact) mass is 576 g/mol. The van der Waals surface area contributed by atoms with Gasteiger partial charge in [0.05, 0.1) is 13.7 Å². The van der Waals surface area contributed by atoms with Crippen molar-refractivity contribution in [3.05, 3.63) is 22.8 Å². The smallest absolute Gasteiger partial charge is 0.145 e. The Morgan fingerprint density at radius 1 is 1.00 bits per heavy atom. The van der Waals surface area contributed by atoms with Crippen LogP contribution < -0.4 is 4.74 Å². The summed E-state index contributed by atoms with van der Waals surface area (Å²) in [5, 5.41) is 0. The van der Waals surface area contributed by atoms with Crippen molar-refractivity contribution in [3.8, 4) is 5.75 Å². The van der Waals surface area contributed by atoms with Gasteiger partial charge in [-0.15, -0.1) is 11.6 Å². The van der Waals surface area contributed by atoms with Crippen LogP contribution >= 0.6 is 79.4 Å². The van der Waals surface area contributed by atoms with Crippen molar-refractivity contribution in [1.29, 1.82) is 0 Å². The Labute approximate surface area is 142 Å². The molecule has 0 unspecified atom stereocenters. The number of ether oxygens (including phenoxy) is 1. The molecule has 1 rings (SSSR count). The van der Waals surface area contributed by atoms with Crippen molar-refractivity contribution in [1.82, 2.24) is 0 Å². The molecule has 1 nitrogen and oxygen atoms in total. The highest BCUT2D eigenvalue weighted by atomic mass is 127. The second kappa shape index (κ2) is 8.58. The summed E-state index contributed by atoms with van der Waals surface area (Å²) in [5.74, 6) is 1.77. The summed E-state index contributed by atoms with van der Waals surface area (Å²) >= 11 is 12.6. The molecule has 16 heavy (non-hydrogen) atoms. The normalized spacial score (nSPS) is 10.5. The van der Waals surface area contributed by atoms with Crippen LogP contribution in [0, 0.1) is 10.7 Å². The molecule has 1 aromatic rings. The Morgan fingerprint density at radius 2 is 1.62 bits per heavy atom. The third-order valence-electron chi connectivity index (χ3n) is 1.99. The molecule has 1 aromatic carbocycles. The molecule has 0 bridgehead atoms. The summed E-state index contributed by atoms with van der Waals surface area (Å²) in [6.45, 7) is 0.781. The second-order valence-corrected chi connectivity index (χ2v) is 7.24. The minimum atomic E-state index is 0.749. The number of rotatable bonds is 6. The first-order chi connectivity index (χ1) is 7.65. The van der Waals surface area contributed by atoms with E-state index < -0.39 is 0 Å². The summed E-state index contributed by atoms with van der Waals surface area (Å²) in [7, 11) is 0. The largest absolute Gasteiger partial charge is 0.491 e. The van der Waals surface area contributed by atoms with Gasteiger partial charge in [-0.1, -0.05) is 0 Å². The zero-order valence-corrected chi connectivity index (χ0v) is 15.8. The van der Waals surface area contributed by atoms with E-state index in [-0.39, 0.29) is 0 Å². The molecule has 0 atom stereocenters. The molecule has 5 heteroatoms. The molecule has 0 heterocycles. The van der Waals surface area contributed by atoms with Crippen LogP contribution in [0.5, 0.6) is 5.75 Å². The lowest BCUT2D eigenvalue weighted by atomic mass is 10.3. The predicted octanol–water partition coefficient (Wildman–Crippen LogP) is 5.29. The van der Waals surface area contributed by atoms with Crippen molar-refractivity contribution in [2.24, 2.45) is 0 Å². The molecule has 0 N–H and O–H groups in total. The van der Waals surface area contributed by atoms with Gasteiger partial charge >= 0.3 is 0 Å². The zero-order valence-electron chi connectivity index (χ0n) is 8.61. The Hall–Kier alpha value is 1.50. The van der Waals surface area contributed by atoms with Gasteiger partial charge in [0.1, 0.15) is 5.75 Å². The van der Waals surface area contributed by atoms with Gasteiger partial charge in [0.2, 0.25) is 0 Å². The molecule has 0 spiro atoms. The minimum Gasteiger partial charge on any atom is -0.491 e. The van der Waals surface area contributed by atoms with Crippen molar-refractivity contribution >= 4 is 79.4 Å². The first-order valence-corrected chi connectivity index (χ1v) is 8.75. The second-order valence-electron chi connectivity index (χ2n) is 3.30. The van der Waals surface area contributed by atoms with Gasteiger partial charge in [-0.3, -0.25) is 0 Å². The summed E-state index contributed by atoms with van der Waals surface area (Å²) in [5.41, 5.74) is 0. The van der Waals surface area contributed by atoms with E-state index in [1.165, 1.54) is 10.7 Å². The van der Waals surface area contributed by atoms with E-state index in [2.05, 4.69) is 79.9 Å². The van der Waals surface area contributed by atoms with Crippen molar-refractivity contribution in [3.63, 3.8) is 0 Å². The van der Waals surface area contributed by atoms with Crippen LogP contribution in [0.3, 0.4) is 0 Å². The van der Waals surface area contributed by atoms with E-state index in [1.54, 1.807) is 0 Å². The number of hydrogen-bond acceptors (Lipinski definition) is 1. The molecule has 0 aromatic heterocycles. The summed E-state index contributed by atoms with van der Waals surface area (Å²) in [6, 6.07) is 4.27. The van der Waals surface area contributed by atoms with Crippen LogP contribution in [0.4, 0.5) is 0 Å². The van der Waals surface area contributed by atoms with Crippen LogP contribution in [0.15, 0.2) is 12.1 Å². The van der Waals surface area contributed by atoms with Crippen molar-refractivity contribution in [2.75, 3.05) is 12.5 Å². The lowest BCUT2D eigenvalue weighted by Gasteiger charge is -2.10. The number of alkyl halides is 1. The Balaban J connectivity index is 2.47. The minimum absolute atomic E-state index is 0.749. The van der Waals surface area contributed by atoms with Gasteiger partial charge < -0.3 is 4.74 Å². The van der Waals surface area contributed by atoms with Crippen LogP contribution in [0.1, 0.15) is 19.3 Å². The number of benzene rings is 1. The van der Waals surface area contributed by atoms with Crippen LogP contribution in [-0.4, -0.2) is 12.5 Å². The molecule has 0 aliphatic carbocycles. The molecule has 0 radical (unpaired) electrons. The molecule has 0 aliphatic rings. The molecule has 0 aliphatic heterocycles. The number of halogens is 4. The third kappa shape index (κ3) is 5.43. The average molecular weight is 576 g/mol. The quantitative estimate of drug-likeness (QED) is 0.254. The summed E-state index contributed by atoms with van der Waals surface area (Å²) in [4.78, 5) is 0. The van der Waals surface area contributed by atoms with Gasteiger partial charge in [-0.2, -0.15) is 0 Å². The fourth-order valence-electron chi connectivity index (χ4n) is 1.21. The van der Waals surface area contributed by atoms with E-state index in [0.29, 0.717) is 0 Å². The molecule has 0 amide bonds. The first-order valence-electron chi connectivity index (χ1n) is 4.98. The topological polar surface area (TPSA) is 9.23 Å². The molecule has 90 valence electrons. The Bertz CT molecular complexity index is 321. The first kappa shape index (κ1) is 15.6. The number of hydrogen-bond donors (Lipinski definition) is 0. The van der Waals surface area contributed by atoms with Crippen LogP contribution in [0.25, 0.3) is 0 Å². The highest BCUT2D eigenvalue weighted by Gasteiger charge is 2.07. The average Bonchev–Trinajstić information content (AvgIpc) is 2.20. The predicted molar refractivity (Wildman–Crippen MR) is 94.7 cm³/mol. The Kier molecular flexibility index (Phi) is 8.34. The fraction of sp³-hybridized carbons (Fsp3) is 0.455. The third-order valence-corrected chi connectivity index (χ3v) is 4.48. The van der Waals surface area contributed by atoms with Crippen LogP contribution in [-0.2, 0) is 0 Å². The standard InChI is InChI=1S/C11H12ClI3O/c12-4-2-1-3-5-16-11-9(14)6-8(13)7-10(11)15/h6-7H,1-5H2. The van der Waals surface area contributed by atoms with E-state index in [1.807, 2.05) is 0 Å². The molecular formula is C11H12ClI3O. The van der Waals surface area contributed by atoms with Crippen molar-refractivity contribution in [2.45, 2.75) is 19.3 Å². The maximum Gasteiger partial charge on any atom is 0.145 e. The van der Waals surface area contributed by atoms with E-state index in [9.17, 15) is 0 Å². The van der Waals surface area contributed by atoms with E-state index in [0.717, 1.165) is 37.5 Å². The molecule has 0 saturated heterocycles. The van der Waals surface area contributed by atoms with E-state index >= 15 is 0 Å². The van der Waals surface area contributed by atoms with Gasteiger partial charge in [0.15, 0.2) is 0 Å². The maximum absolute atomic E-state index is 5.81. The fourth-order valence-corrected chi connectivity index (χ4v) is 5.30. The van der Waals surface area contributed by atoms with Gasteiger partial charge in [0.25, 0.3) is 0 Å².